The second-order valence-electron chi connectivity index (χ2n) is 3.65. The Hall–Kier alpha value is -1.58. The molecule has 0 atom stereocenters. The van der Waals surface area contributed by atoms with Gasteiger partial charge < -0.3 is 14.3 Å². The predicted molar refractivity (Wildman–Crippen MR) is 57.5 cm³/mol. The molecule has 0 aromatic heterocycles. The minimum Gasteiger partial charge on any atom is -0.492 e. The van der Waals surface area contributed by atoms with Crippen molar-refractivity contribution in [1.29, 1.82) is 0 Å². The fraction of sp³-hybridized carbons (Fsp3) is 0.273. The number of ether oxygens (including phenoxy) is 1. The Kier molecular flexibility index (Phi) is 2.58. The van der Waals surface area contributed by atoms with Crippen LogP contribution in [-0.4, -0.2) is 24.7 Å². The second kappa shape index (κ2) is 3.89. The number of hydrogen-bond acceptors (Lipinski definition) is 3. The Morgan fingerprint density at radius 3 is 2.80 bits per heavy atom. The maximum Gasteiger partial charge on any atom is 0.305 e. The molecule has 2 rings (SSSR count). The van der Waals surface area contributed by atoms with Crippen LogP contribution in [0.1, 0.15) is 16.8 Å². The zero-order chi connectivity index (χ0) is 10.8. The number of rotatable bonds is 0. The topological polar surface area (TPSA) is 43.4 Å². The van der Waals surface area contributed by atoms with Crippen LogP contribution in [0.5, 0.6) is 5.75 Å². The molecule has 0 amide bonds. The van der Waals surface area contributed by atoms with E-state index in [0.29, 0.717) is 24.3 Å². The predicted octanol–water partition coefficient (Wildman–Crippen LogP) is 1.42. The largest absolute Gasteiger partial charge is 0.492 e. The molecule has 0 radical (unpaired) electrons. The maximum absolute atomic E-state index is 11.9. The van der Waals surface area contributed by atoms with Gasteiger partial charge in [-0.1, -0.05) is 19.0 Å². The van der Waals surface area contributed by atoms with Gasteiger partial charge in [0.05, 0.1) is 12.2 Å². The molecule has 0 spiro atoms. The molecule has 3 nitrogen and oxygen atoms in total. The molecule has 1 aliphatic heterocycles. The van der Waals surface area contributed by atoms with Crippen molar-refractivity contribution in [2.45, 2.75) is 13.2 Å². The van der Waals surface area contributed by atoms with Crippen molar-refractivity contribution in [3.05, 3.63) is 29.8 Å². The van der Waals surface area contributed by atoms with E-state index in [1.54, 1.807) is 25.0 Å². The van der Waals surface area contributed by atoms with E-state index < -0.39 is 6.71 Å². The number of carbonyl (C=O) groups is 2. The zero-order valence-electron chi connectivity index (χ0n) is 8.53. The van der Waals surface area contributed by atoms with Crippen molar-refractivity contribution in [2.75, 3.05) is 6.61 Å². The molecule has 0 bridgehead atoms. The van der Waals surface area contributed by atoms with Gasteiger partial charge in [-0.3, -0.25) is 0 Å². The second-order valence-corrected chi connectivity index (χ2v) is 3.65. The average molecular weight is 202 g/mol. The van der Waals surface area contributed by atoms with Gasteiger partial charge in [-0.05, 0) is 12.1 Å². The summed E-state index contributed by atoms with van der Waals surface area (Å²) in [5.74, 6) is 0.585. The summed E-state index contributed by atoms with van der Waals surface area (Å²) >= 11 is 0. The number of para-hydroxylation sites is 1. The van der Waals surface area contributed by atoms with Crippen molar-refractivity contribution in [1.82, 2.24) is 0 Å². The molecule has 0 saturated carbocycles. The van der Waals surface area contributed by atoms with Crippen LogP contribution < -0.4 is 4.74 Å². The summed E-state index contributed by atoms with van der Waals surface area (Å²) < 4.78 is 5.38. The van der Waals surface area contributed by atoms with Crippen LogP contribution in [0.15, 0.2) is 24.3 Å². The van der Waals surface area contributed by atoms with E-state index in [2.05, 4.69) is 0 Å². The fourth-order valence-corrected chi connectivity index (χ4v) is 1.65. The molecule has 4 heteroatoms. The van der Waals surface area contributed by atoms with Crippen LogP contribution in [0.4, 0.5) is 0 Å². The lowest BCUT2D eigenvalue weighted by atomic mass is 9.43. The van der Waals surface area contributed by atoms with Crippen molar-refractivity contribution in [3.8, 4) is 5.75 Å². The average Bonchev–Trinajstić information content (AvgIpc) is 2.26. The zero-order valence-corrected chi connectivity index (χ0v) is 8.53. The molecule has 1 aliphatic rings. The third-order valence-electron chi connectivity index (χ3n) is 2.63. The fourth-order valence-electron chi connectivity index (χ4n) is 1.65. The van der Waals surface area contributed by atoms with E-state index >= 15 is 0 Å². The van der Waals surface area contributed by atoms with E-state index in [4.69, 9.17) is 4.74 Å². The first-order chi connectivity index (χ1) is 7.20. The Labute approximate surface area is 88.5 Å². The molecule has 0 N–H and O–H groups in total. The summed E-state index contributed by atoms with van der Waals surface area (Å²) in [6.07, 6.45) is 0.307. The van der Waals surface area contributed by atoms with E-state index in [-0.39, 0.29) is 11.4 Å². The van der Waals surface area contributed by atoms with Gasteiger partial charge in [0.15, 0.2) is 0 Å². The monoisotopic (exact) mass is 202 g/mol. The number of fused-ring (bicyclic) bond motifs is 1. The highest BCUT2D eigenvalue weighted by Gasteiger charge is 2.30. The summed E-state index contributed by atoms with van der Waals surface area (Å²) in [5.41, 5.74) is 0.322. The number of benzene rings is 1. The summed E-state index contributed by atoms with van der Waals surface area (Å²) in [4.78, 5) is 23.4. The number of hydrogen-bond donors (Lipinski definition) is 0. The van der Waals surface area contributed by atoms with Crippen molar-refractivity contribution >= 4 is 18.1 Å². The minimum atomic E-state index is -0.546. The Morgan fingerprint density at radius 1 is 1.27 bits per heavy atom. The molecule has 1 heterocycles. The first-order valence-electron chi connectivity index (χ1n) is 4.99. The lowest BCUT2D eigenvalue weighted by molar-refractivity contribution is -0.112. The lowest BCUT2D eigenvalue weighted by Gasteiger charge is -2.16. The first kappa shape index (κ1) is 9.96. The third-order valence-corrected chi connectivity index (χ3v) is 2.63. The van der Waals surface area contributed by atoms with Gasteiger partial charge in [0.25, 0.3) is 0 Å². The lowest BCUT2D eigenvalue weighted by Crippen LogP contribution is -2.35. The van der Waals surface area contributed by atoms with Crippen LogP contribution in [0.25, 0.3) is 0 Å². The summed E-state index contributed by atoms with van der Waals surface area (Å²) in [6, 6.07) is 7.06. The third kappa shape index (κ3) is 1.80. The normalized spacial score (nSPS) is 16.5. The molecular weight excluding hydrogens is 191 g/mol. The smallest absolute Gasteiger partial charge is 0.305 e. The minimum absolute atomic E-state index is 0.0468. The van der Waals surface area contributed by atoms with E-state index in [1.807, 2.05) is 6.07 Å². The van der Waals surface area contributed by atoms with Crippen LogP contribution in [0.2, 0.25) is 6.82 Å². The van der Waals surface area contributed by atoms with Gasteiger partial charge in [0, 0.05) is 6.42 Å². The summed E-state index contributed by atoms with van der Waals surface area (Å²) in [7, 11) is 0. The molecule has 15 heavy (non-hydrogen) atoms. The Balaban J connectivity index is 2.45. The van der Waals surface area contributed by atoms with E-state index in [1.165, 1.54) is 0 Å². The molecular formula is C11H11BO3. The van der Waals surface area contributed by atoms with E-state index in [9.17, 15) is 9.59 Å². The molecule has 0 unspecified atom stereocenters. The van der Waals surface area contributed by atoms with E-state index in [0.717, 1.165) is 0 Å². The van der Waals surface area contributed by atoms with Gasteiger partial charge in [0.2, 0.25) is 0 Å². The summed E-state index contributed by atoms with van der Waals surface area (Å²) in [6.45, 7) is 1.47. The van der Waals surface area contributed by atoms with Gasteiger partial charge >= 0.3 is 6.71 Å². The highest BCUT2D eigenvalue weighted by atomic mass is 16.5. The van der Waals surface area contributed by atoms with Crippen LogP contribution in [0.3, 0.4) is 0 Å². The molecule has 0 aliphatic carbocycles. The van der Waals surface area contributed by atoms with Gasteiger partial charge in [0.1, 0.15) is 17.1 Å². The maximum atomic E-state index is 11.9. The highest BCUT2D eigenvalue weighted by molar-refractivity contribution is 7.12. The SMILES string of the molecule is CB1C(=O)CCOc2ccccc2C1=O. The molecule has 0 fully saturated rings. The quantitative estimate of drug-likeness (QED) is 0.597. The van der Waals surface area contributed by atoms with Crippen molar-refractivity contribution in [3.63, 3.8) is 0 Å². The Bertz CT molecular complexity index is 414. The van der Waals surface area contributed by atoms with Gasteiger partial charge in [-0.25, -0.2) is 0 Å². The first-order valence-corrected chi connectivity index (χ1v) is 4.99. The van der Waals surface area contributed by atoms with Crippen molar-refractivity contribution in [2.24, 2.45) is 0 Å². The van der Waals surface area contributed by atoms with Crippen molar-refractivity contribution < 1.29 is 14.3 Å². The highest BCUT2D eigenvalue weighted by Crippen LogP contribution is 2.21. The van der Waals surface area contributed by atoms with Gasteiger partial charge in [-0.2, -0.15) is 0 Å². The molecule has 1 aromatic carbocycles. The molecule has 1 aromatic rings. The standard InChI is InChI=1S/C11H11BO3/c1-12-10(13)6-7-15-9-5-3-2-4-8(9)11(12)14/h2-5H,6-7H2,1H3. The van der Waals surface area contributed by atoms with Crippen LogP contribution >= 0.6 is 0 Å². The Morgan fingerprint density at radius 2 is 2.00 bits per heavy atom. The van der Waals surface area contributed by atoms with Gasteiger partial charge in [-0.15, -0.1) is 0 Å². The molecule has 0 saturated heterocycles. The van der Waals surface area contributed by atoms with Crippen LogP contribution in [-0.2, 0) is 4.79 Å². The van der Waals surface area contributed by atoms with Crippen LogP contribution in [0, 0.1) is 0 Å². The number of carbonyl (C=O) groups excluding carboxylic acids is 2. The molecule has 76 valence electrons. The summed E-state index contributed by atoms with van der Waals surface area (Å²) in [5, 5.41) is 0.